The van der Waals surface area contributed by atoms with Crippen LogP contribution in [0, 0.1) is 13.8 Å². The molecular formula is C19H16F3N3O3S. The Morgan fingerprint density at radius 2 is 1.69 bits per heavy atom. The van der Waals surface area contributed by atoms with Crippen LogP contribution >= 0.6 is 0 Å². The van der Waals surface area contributed by atoms with E-state index in [1.807, 2.05) is 4.72 Å². The van der Waals surface area contributed by atoms with Crippen molar-refractivity contribution in [1.82, 2.24) is 14.5 Å². The molecule has 10 heteroatoms. The first-order valence-corrected chi connectivity index (χ1v) is 9.84. The van der Waals surface area contributed by atoms with Crippen LogP contribution in [0.1, 0.15) is 27.3 Å². The summed E-state index contributed by atoms with van der Waals surface area (Å²) in [6.07, 6.45) is -4.53. The lowest BCUT2D eigenvalue weighted by atomic mass is 10.2. The number of nitrogens with one attached hydrogen (secondary N) is 1. The van der Waals surface area contributed by atoms with Gasteiger partial charge < -0.3 is 0 Å². The molecule has 1 aromatic heterocycles. The molecule has 1 amide bonds. The number of carbonyl (C=O) groups is 1. The highest BCUT2D eigenvalue weighted by atomic mass is 32.2. The fourth-order valence-electron chi connectivity index (χ4n) is 2.61. The minimum atomic E-state index is -4.53. The molecule has 0 saturated carbocycles. The number of nitrogens with zero attached hydrogens (tertiary/aromatic N) is 2. The van der Waals surface area contributed by atoms with Crippen LogP contribution in [0.15, 0.2) is 59.5 Å². The Balaban J connectivity index is 1.88. The number of hydrogen-bond acceptors (Lipinski definition) is 4. The second-order valence-electron chi connectivity index (χ2n) is 6.38. The zero-order valence-corrected chi connectivity index (χ0v) is 16.2. The van der Waals surface area contributed by atoms with E-state index in [0.29, 0.717) is 5.69 Å². The molecule has 0 saturated heterocycles. The van der Waals surface area contributed by atoms with Gasteiger partial charge in [0.15, 0.2) is 5.69 Å². The lowest BCUT2D eigenvalue weighted by molar-refractivity contribution is -0.137. The first-order valence-electron chi connectivity index (χ1n) is 8.35. The quantitative estimate of drug-likeness (QED) is 0.695. The number of rotatable bonds is 4. The lowest BCUT2D eigenvalue weighted by Crippen LogP contribution is -2.31. The largest absolute Gasteiger partial charge is 0.416 e. The molecule has 152 valence electrons. The summed E-state index contributed by atoms with van der Waals surface area (Å²) in [5.74, 6) is -0.987. The molecular weight excluding hydrogens is 407 g/mol. The number of benzene rings is 2. The Morgan fingerprint density at radius 3 is 2.31 bits per heavy atom. The lowest BCUT2D eigenvalue weighted by Gasteiger charge is -2.09. The number of halogens is 3. The molecule has 0 aliphatic heterocycles. The highest BCUT2D eigenvalue weighted by Crippen LogP contribution is 2.30. The summed E-state index contributed by atoms with van der Waals surface area (Å²) >= 11 is 0. The van der Waals surface area contributed by atoms with Crippen LogP contribution in [0.25, 0.3) is 5.69 Å². The number of carbonyl (C=O) groups excluding carboxylic acids is 1. The van der Waals surface area contributed by atoms with Gasteiger partial charge in [0.2, 0.25) is 0 Å². The second kappa shape index (κ2) is 7.36. The first kappa shape index (κ1) is 20.6. The van der Waals surface area contributed by atoms with Crippen molar-refractivity contribution in [2.24, 2.45) is 0 Å². The van der Waals surface area contributed by atoms with Gasteiger partial charge in [0, 0.05) is 5.69 Å². The van der Waals surface area contributed by atoms with Crippen molar-refractivity contribution < 1.29 is 26.4 Å². The molecule has 1 N–H and O–H groups in total. The summed E-state index contributed by atoms with van der Waals surface area (Å²) in [4.78, 5) is 12.3. The molecule has 6 nitrogen and oxygen atoms in total. The summed E-state index contributed by atoms with van der Waals surface area (Å²) < 4.78 is 66.5. The summed E-state index contributed by atoms with van der Waals surface area (Å²) in [7, 11) is -4.12. The van der Waals surface area contributed by atoms with Crippen molar-refractivity contribution in [3.8, 4) is 5.69 Å². The van der Waals surface area contributed by atoms with E-state index >= 15 is 0 Å². The average molecular weight is 423 g/mol. The molecule has 0 atom stereocenters. The van der Waals surface area contributed by atoms with Crippen molar-refractivity contribution >= 4 is 15.9 Å². The van der Waals surface area contributed by atoms with Crippen LogP contribution in [0.5, 0.6) is 0 Å². The van der Waals surface area contributed by atoms with E-state index in [-0.39, 0.29) is 16.3 Å². The minimum absolute atomic E-state index is 0.0921. The van der Waals surface area contributed by atoms with Gasteiger partial charge in [-0.15, -0.1) is 0 Å². The van der Waals surface area contributed by atoms with Crippen molar-refractivity contribution in [3.05, 3.63) is 77.1 Å². The minimum Gasteiger partial charge on any atom is -0.266 e. The predicted octanol–water partition coefficient (Wildman–Crippen LogP) is 3.63. The molecule has 1 heterocycles. The SMILES string of the molecule is Cc1ccc(S(=O)(=O)NC(=O)c2cc(C)n(-c3cccc(C(F)(F)F)c3)n2)cc1. The van der Waals surface area contributed by atoms with Gasteiger partial charge in [-0.2, -0.15) is 18.3 Å². The van der Waals surface area contributed by atoms with E-state index in [4.69, 9.17) is 0 Å². The third-order valence-corrected chi connectivity index (χ3v) is 5.44. The molecule has 0 fully saturated rings. The Morgan fingerprint density at radius 1 is 1.03 bits per heavy atom. The van der Waals surface area contributed by atoms with Gasteiger partial charge in [-0.1, -0.05) is 23.8 Å². The maximum Gasteiger partial charge on any atom is 0.416 e. The van der Waals surface area contributed by atoms with Crippen LogP contribution in [0.3, 0.4) is 0 Å². The zero-order valence-electron chi connectivity index (χ0n) is 15.4. The maximum absolute atomic E-state index is 12.9. The average Bonchev–Trinajstić information content (AvgIpc) is 3.03. The summed E-state index contributed by atoms with van der Waals surface area (Å²) in [5.41, 5.74) is 0.208. The molecule has 0 unspecified atom stereocenters. The van der Waals surface area contributed by atoms with Crippen LogP contribution < -0.4 is 4.72 Å². The summed E-state index contributed by atoms with van der Waals surface area (Å²) in [5, 5.41) is 3.97. The smallest absolute Gasteiger partial charge is 0.266 e. The summed E-state index contributed by atoms with van der Waals surface area (Å²) in [6, 6.07) is 11.6. The van der Waals surface area contributed by atoms with Crippen molar-refractivity contribution in [1.29, 1.82) is 0 Å². The molecule has 3 rings (SSSR count). The van der Waals surface area contributed by atoms with E-state index in [1.165, 1.54) is 30.3 Å². The fraction of sp³-hybridized carbons (Fsp3) is 0.158. The number of alkyl halides is 3. The van der Waals surface area contributed by atoms with Crippen molar-refractivity contribution in [3.63, 3.8) is 0 Å². The third-order valence-electron chi connectivity index (χ3n) is 4.10. The van der Waals surface area contributed by atoms with Gasteiger partial charge >= 0.3 is 6.18 Å². The number of sulfonamides is 1. The van der Waals surface area contributed by atoms with E-state index in [2.05, 4.69) is 5.10 Å². The highest BCUT2D eigenvalue weighted by molar-refractivity contribution is 7.90. The topological polar surface area (TPSA) is 81.1 Å². The maximum atomic E-state index is 12.9. The third kappa shape index (κ3) is 4.48. The van der Waals surface area contributed by atoms with Crippen molar-refractivity contribution in [2.45, 2.75) is 24.9 Å². The first-order chi connectivity index (χ1) is 13.5. The van der Waals surface area contributed by atoms with Gasteiger partial charge in [-0.3, -0.25) is 4.79 Å². The van der Waals surface area contributed by atoms with E-state index in [1.54, 1.807) is 26.0 Å². The van der Waals surface area contributed by atoms with E-state index in [0.717, 1.165) is 22.4 Å². The monoisotopic (exact) mass is 423 g/mol. The van der Waals surface area contributed by atoms with Gasteiger partial charge in [0.1, 0.15) is 0 Å². The van der Waals surface area contributed by atoms with Gasteiger partial charge in [0.05, 0.1) is 16.1 Å². The molecule has 0 spiro atoms. The number of hydrogen-bond donors (Lipinski definition) is 1. The number of aromatic nitrogens is 2. The Bertz CT molecular complexity index is 1170. The van der Waals surface area contributed by atoms with Crippen LogP contribution in [0.2, 0.25) is 0 Å². The predicted molar refractivity (Wildman–Crippen MR) is 99.1 cm³/mol. The Labute approximate surface area is 165 Å². The van der Waals surface area contributed by atoms with Gasteiger partial charge in [0.25, 0.3) is 15.9 Å². The molecule has 0 aliphatic rings. The van der Waals surface area contributed by atoms with E-state index < -0.39 is 27.7 Å². The second-order valence-corrected chi connectivity index (χ2v) is 8.06. The van der Waals surface area contributed by atoms with E-state index in [9.17, 15) is 26.4 Å². The standard InChI is InChI=1S/C19H16F3N3O3S/c1-12-6-8-16(9-7-12)29(27,28)24-18(26)17-10-13(2)25(23-17)15-5-3-4-14(11-15)19(20,21)22/h3-11H,1-2H3,(H,24,26). The molecule has 0 bridgehead atoms. The molecule has 3 aromatic rings. The van der Waals surface area contributed by atoms with Crippen LogP contribution in [-0.2, 0) is 16.2 Å². The van der Waals surface area contributed by atoms with Crippen LogP contribution in [-0.4, -0.2) is 24.1 Å². The molecule has 0 radical (unpaired) electrons. The van der Waals surface area contributed by atoms with Crippen molar-refractivity contribution in [2.75, 3.05) is 0 Å². The fourth-order valence-corrected chi connectivity index (χ4v) is 3.57. The van der Waals surface area contributed by atoms with Crippen LogP contribution in [0.4, 0.5) is 13.2 Å². The normalized spacial score (nSPS) is 12.0. The molecule has 29 heavy (non-hydrogen) atoms. The van der Waals surface area contributed by atoms with Gasteiger partial charge in [-0.05, 0) is 50.2 Å². The zero-order chi connectivity index (χ0) is 21.4. The summed E-state index contributed by atoms with van der Waals surface area (Å²) in [6.45, 7) is 3.33. The van der Waals surface area contributed by atoms with Gasteiger partial charge in [-0.25, -0.2) is 17.8 Å². The number of aryl methyl sites for hydroxylation is 2. The molecule has 2 aromatic carbocycles. The Kier molecular flexibility index (Phi) is 5.22. The molecule has 0 aliphatic carbocycles. The number of amides is 1. The highest BCUT2D eigenvalue weighted by Gasteiger charge is 2.31. The Hall–Kier alpha value is -3.14.